The zero-order valence-corrected chi connectivity index (χ0v) is 10.7. The molecule has 0 aliphatic rings. The minimum Gasteiger partial charge on any atom is -0.352 e. The molecule has 1 amide bonds. The second-order valence-electron chi connectivity index (χ2n) is 4.73. The molecule has 3 N–H and O–H groups in total. The number of amides is 1. The number of benzene rings is 1. The molecule has 0 radical (unpaired) electrons. The zero-order valence-electron chi connectivity index (χ0n) is 10.7. The van der Waals surface area contributed by atoms with Gasteiger partial charge in [0.25, 0.3) is 0 Å². The van der Waals surface area contributed by atoms with Crippen LogP contribution in [0, 0.1) is 5.92 Å². The Bertz CT molecular complexity index is 361. The molecule has 1 aromatic carbocycles. The largest absolute Gasteiger partial charge is 0.352 e. The molecule has 1 aromatic rings. The van der Waals surface area contributed by atoms with Gasteiger partial charge < -0.3 is 11.1 Å². The predicted octanol–water partition coefficient (Wildman–Crippen LogP) is 2.20. The Morgan fingerprint density at radius 2 is 2.06 bits per heavy atom. The van der Waals surface area contributed by atoms with Gasteiger partial charge in [-0.05, 0) is 23.5 Å². The highest BCUT2D eigenvalue weighted by atomic mass is 16.1. The maximum atomic E-state index is 11.5. The van der Waals surface area contributed by atoms with Gasteiger partial charge in [-0.1, -0.05) is 38.1 Å². The third-order valence-corrected chi connectivity index (χ3v) is 2.67. The second-order valence-corrected chi connectivity index (χ2v) is 4.73. The Hall–Kier alpha value is -1.35. The minimum atomic E-state index is 0.122. The van der Waals surface area contributed by atoms with E-state index in [1.165, 1.54) is 0 Å². The van der Waals surface area contributed by atoms with E-state index in [4.69, 9.17) is 5.73 Å². The van der Waals surface area contributed by atoms with Crippen LogP contribution in [-0.2, 0) is 17.9 Å². The Labute approximate surface area is 103 Å². The van der Waals surface area contributed by atoms with Crippen molar-refractivity contribution in [1.29, 1.82) is 0 Å². The lowest BCUT2D eigenvalue weighted by molar-refractivity contribution is -0.121. The van der Waals surface area contributed by atoms with Crippen molar-refractivity contribution >= 4 is 5.91 Å². The Balaban J connectivity index is 2.36. The summed E-state index contributed by atoms with van der Waals surface area (Å²) in [6, 6.07) is 7.99. The number of hydrogen-bond donors (Lipinski definition) is 2. The molecular weight excluding hydrogens is 212 g/mol. The van der Waals surface area contributed by atoms with Gasteiger partial charge >= 0.3 is 0 Å². The third kappa shape index (κ3) is 5.50. The number of carbonyl (C=O) groups is 1. The van der Waals surface area contributed by atoms with Crippen LogP contribution >= 0.6 is 0 Å². The van der Waals surface area contributed by atoms with E-state index in [1.807, 2.05) is 24.3 Å². The Morgan fingerprint density at radius 1 is 1.35 bits per heavy atom. The first kappa shape index (κ1) is 13.7. The fourth-order valence-corrected chi connectivity index (χ4v) is 1.58. The summed E-state index contributed by atoms with van der Waals surface area (Å²) in [5.74, 6) is 0.693. The van der Waals surface area contributed by atoms with Crippen molar-refractivity contribution in [3.05, 3.63) is 35.4 Å². The van der Waals surface area contributed by atoms with Crippen molar-refractivity contribution in [1.82, 2.24) is 5.32 Å². The highest BCUT2D eigenvalue weighted by Gasteiger charge is 2.03. The van der Waals surface area contributed by atoms with E-state index in [1.54, 1.807) is 0 Å². The molecule has 0 unspecified atom stereocenters. The van der Waals surface area contributed by atoms with E-state index in [0.29, 0.717) is 25.4 Å². The smallest absolute Gasteiger partial charge is 0.220 e. The van der Waals surface area contributed by atoms with E-state index < -0.39 is 0 Å². The van der Waals surface area contributed by atoms with Gasteiger partial charge in [0.05, 0.1) is 0 Å². The third-order valence-electron chi connectivity index (χ3n) is 2.67. The van der Waals surface area contributed by atoms with Crippen LogP contribution < -0.4 is 11.1 Å². The number of rotatable bonds is 6. The molecule has 0 spiro atoms. The lowest BCUT2D eigenvalue weighted by atomic mass is 10.1. The predicted molar refractivity (Wildman–Crippen MR) is 70.3 cm³/mol. The van der Waals surface area contributed by atoms with Crippen molar-refractivity contribution in [3.8, 4) is 0 Å². The van der Waals surface area contributed by atoms with Gasteiger partial charge in [0.1, 0.15) is 0 Å². The molecule has 0 saturated heterocycles. The van der Waals surface area contributed by atoms with Crippen LogP contribution in [0.25, 0.3) is 0 Å². The fourth-order valence-electron chi connectivity index (χ4n) is 1.58. The fraction of sp³-hybridized carbons (Fsp3) is 0.500. The molecule has 94 valence electrons. The minimum absolute atomic E-state index is 0.122. The molecule has 3 heteroatoms. The van der Waals surface area contributed by atoms with Crippen molar-refractivity contribution in [3.63, 3.8) is 0 Å². The highest BCUT2D eigenvalue weighted by Crippen LogP contribution is 2.06. The molecule has 0 heterocycles. The van der Waals surface area contributed by atoms with Crippen molar-refractivity contribution < 1.29 is 4.79 Å². The first-order chi connectivity index (χ1) is 8.11. The molecular formula is C14H22N2O. The normalized spacial score (nSPS) is 10.6. The molecule has 0 aliphatic heterocycles. The van der Waals surface area contributed by atoms with Gasteiger partial charge in [-0.15, -0.1) is 0 Å². The summed E-state index contributed by atoms with van der Waals surface area (Å²) in [7, 11) is 0. The lowest BCUT2D eigenvalue weighted by Crippen LogP contribution is -2.22. The van der Waals surface area contributed by atoms with E-state index in [2.05, 4.69) is 19.2 Å². The number of hydrogen-bond acceptors (Lipinski definition) is 2. The summed E-state index contributed by atoms with van der Waals surface area (Å²) in [4.78, 5) is 11.5. The maximum absolute atomic E-state index is 11.5. The Kier molecular flexibility index (Phi) is 5.70. The van der Waals surface area contributed by atoms with Crippen LogP contribution in [0.5, 0.6) is 0 Å². The molecule has 3 nitrogen and oxygen atoms in total. The first-order valence-electron chi connectivity index (χ1n) is 6.16. The highest BCUT2D eigenvalue weighted by molar-refractivity contribution is 5.75. The van der Waals surface area contributed by atoms with Gasteiger partial charge in [-0.25, -0.2) is 0 Å². The molecule has 0 fully saturated rings. The van der Waals surface area contributed by atoms with Crippen LogP contribution in [0.2, 0.25) is 0 Å². The first-order valence-corrected chi connectivity index (χ1v) is 6.16. The van der Waals surface area contributed by atoms with E-state index in [-0.39, 0.29) is 5.91 Å². The summed E-state index contributed by atoms with van der Waals surface area (Å²) in [6.45, 7) is 5.37. The van der Waals surface area contributed by atoms with Gasteiger partial charge in [0.2, 0.25) is 5.91 Å². The van der Waals surface area contributed by atoms with Gasteiger partial charge in [-0.3, -0.25) is 4.79 Å². The molecule has 0 atom stereocenters. The van der Waals surface area contributed by atoms with Crippen LogP contribution in [-0.4, -0.2) is 5.91 Å². The number of nitrogens with one attached hydrogen (secondary N) is 1. The van der Waals surface area contributed by atoms with E-state index in [0.717, 1.165) is 17.5 Å². The Morgan fingerprint density at radius 3 is 2.71 bits per heavy atom. The summed E-state index contributed by atoms with van der Waals surface area (Å²) in [5, 5.41) is 2.93. The molecule has 1 rings (SSSR count). The van der Waals surface area contributed by atoms with Crippen molar-refractivity contribution in [2.75, 3.05) is 0 Å². The van der Waals surface area contributed by atoms with Gasteiger partial charge in [-0.2, -0.15) is 0 Å². The quantitative estimate of drug-likeness (QED) is 0.792. The molecule has 0 saturated carbocycles. The van der Waals surface area contributed by atoms with E-state index in [9.17, 15) is 4.79 Å². The summed E-state index contributed by atoms with van der Waals surface area (Å²) < 4.78 is 0. The van der Waals surface area contributed by atoms with Crippen LogP contribution in [0.3, 0.4) is 0 Å². The van der Waals surface area contributed by atoms with Crippen molar-refractivity contribution in [2.45, 2.75) is 39.8 Å². The summed E-state index contributed by atoms with van der Waals surface area (Å²) in [6.07, 6.45) is 1.54. The average molecular weight is 234 g/mol. The summed E-state index contributed by atoms with van der Waals surface area (Å²) >= 11 is 0. The summed E-state index contributed by atoms with van der Waals surface area (Å²) in [5.41, 5.74) is 7.77. The van der Waals surface area contributed by atoms with Gasteiger partial charge in [0, 0.05) is 19.5 Å². The number of nitrogens with two attached hydrogens (primary N) is 1. The van der Waals surface area contributed by atoms with E-state index >= 15 is 0 Å². The molecule has 0 aromatic heterocycles. The number of carbonyl (C=O) groups excluding carboxylic acids is 1. The standard InChI is InChI=1S/C14H22N2O/c1-11(2)6-7-14(17)16-10-13-5-3-4-12(8-13)9-15/h3-5,8,11H,6-7,9-10,15H2,1-2H3,(H,16,17). The van der Waals surface area contributed by atoms with Crippen molar-refractivity contribution in [2.24, 2.45) is 11.7 Å². The molecule has 17 heavy (non-hydrogen) atoms. The zero-order chi connectivity index (χ0) is 12.7. The maximum Gasteiger partial charge on any atom is 0.220 e. The van der Waals surface area contributed by atoms with Crippen LogP contribution in [0.15, 0.2) is 24.3 Å². The average Bonchev–Trinajstić information content (AvgIpc) is 2.34. The second kappa shape index (κ2) is 7.07. The van der Waals surface area contributed by atoms with Crippen LogP contribution in [0.1, 0.15) is 37.8 Å². The van der Waals surface area contributed by atoms with Gasteiger partial charge in [0.15, 0.2) is 0 Å². The molecule has 0 bridgehead atoms. The van der Waals surface area contributed by atoms with Crippen LogP contribution in [0.4, 0.5) is 0 Å². The lowest BCUT2D eigenvalue weighted by Gasteiger charge is -2.07. The topological polar surface area (TPSA) is 55.1 Å². The molecule has 0 aliphatic carbocycles. The SMILES string of the molecule is CC(C)CCC(=O)NCc1cccc(CN)c1. The monoisotopic (exact) mass is 234 g/mol.